The van der Waals surface area contributed by atoms with Crippen LogP contribution in [0.5, 0.6) is 11.5 Å². The molecule has 0 unspecified atom stereocenters. The lowest BCUT2D eigenvalue weighted by Gasteiger charge is -2.13. The van der Waals surface area contributed by atoms with E-state index in [1.807, 2.05) is 60.3 Å². The third-order valence-electron chi connectivity index (χ3n) is 5.99. The van der Waals surface area contributed by atoms with Crippen molar-refractivity contribution >= 4 is 40.4 Å². The summed E-state index contributed by atoms with van der Waals surface area (Å²) in [6.07, 6.45) is 4.16. The maximum absolute atomic E-state index is 13.3. The van der Waals surface area contributed by atoms with Gasteiger partial charge >= 0.3 is 0 Å². The van der Waals surface area contributed by atoms with Gasteiger partial charge in [-0.05, 0) is 48.4 Å². The molecule has 0 bridgehead atoms. The summed E-state index contributed by atoms with van der Waals surface area (Å²) >= 11 is 6.22. The van der Waals surface area contributed by atoms with Gasteiger partial charge in [0.1, 0.15) is 5.70 Å². The maximum Gasteiger partial charge on any atom is 0.267 e. The molecule has 8 heteroatoms. The predicted molar refractivity (Wildman–Crippen MR) is 146 cm³/mol. The van der Waals surface area contributed by atoms with Gasteiger partial charge < -0.3 is 24.7 Å². The van der Waals surface area contributed by atoms with E-state index in [0.717, 1.165) is 22.0 Å². The molecule has 0 aliphatic heterocycles. The van der Waals surface area contributed by atoms with Crippen LogP contribution >= 0.6 is 11.6 Å². The number of halogens is 1. The van der Waals surface area contributed by atoms with Crippen LogP contribution in [0.2, 0.25) is 5.02 Å². The van der Waals surface area contributed by atoms with Crippen molar-refractivity contribution < 1.29 is 19.1 Å². The van der Waals surface area contributed by atoms with Gasteiger partial charge in [0.15, 0.2) is 11.5 Å². The van der Waals surface area contributed by atoms with Crippen molar-refractivity contribution in [3.8, 4) is 11.5 Å². The van der Waals surface area contributed by atoms with Crippen molar-refractivity contribution in [2.24, 2.45) is 7.05 Å². The number of carbonyl (C=O) groups is 2. The quantitative estimate of drug-likeness (QED) is 0.307. The average Bonchev–Trinajstić information content (AvgIpc) is 3.23. The molecule has 7 nitrogen and oxygen atoms in total. The van der Waals surface area contributed by atoms with E-state index in [1.165, 1.54) is 0 Å². The minimum atomic E-state index is -0.466. The number of carbonyl (C=O) groups excluding carboxylic acids is 2. The zero-order chi connectivity index (χ0) is 26.4. The monoisotopic (exact) mass is 517 g/mol. The van der Waals surface area contributed by atoms with Crippen molar-refractivity contribution in [3.63, 3.8) is 0 Å². The average molecular weight is 518 g/mol. The summed E-state index contributed by atoms with van der Waals surface area (Å²) in [4.78, 5) is 26.3. The second-order valence-corrected chi connectivity index (χ2v) is 8.81. The molecule has 0 atom stereocenters. The summed E-state index contributed by atoms with van der Waals surface area (Å²) in [6, 6.07) is 20.2. The second-order valence-electron chi connectivity index (χ2n) is 8.40. The Hall–Kier alpha value is -4.23. The molecule has 0 aliphatic carbocycles. The third-order valence-corrected chi connectivity index (χ3v) is 6.32. The van der Waals surface area contributed by atoms with E-state index in [-0.39, 0.29) is 11.3 Å². The lowest BCUT2D eigenvalue weighted by atomic mass is 10.1. The number of ether oxygens (including phenoxy) is 2. The molecule has 0 saturated heterocycles. The highest BCUT2D eigenvalue weighted by Gasteiger charge is 2.17. The molecular formula is C29H28ClN3O4. The van der Waals surface area contributed by atoms with Gasteiger partial charge in [-0.3, -0.25) is 9.59 Å². The number of methoxy groups -OCH3 is 2. The second kappa shape index (κ2) is 11.7. The Morgan fingerprint density at radius 3 is 2.46 bits per heavy atom. The van der Waals surface area contributed by atoms with E-state index < -0.39 is 11.8 Å². The van der Waals surface area contributed by atoms with Crippen LogP contribution in [0.15, 0.2) is 78.6 Å². The van der Waals surface area contributed by atoms with E-state index in [2.05, 4.69) is 10.6 Å². The molecule has 0 saturated carbocycles. The minimum absolute atomic E-state index is 0.119. The summed E-state index contributed by atoms with van der Waals surface area (Å²) < 4.78 is 12.6. The number of aromatic nitrogens is 1. The number of fused-ring (bicyclic) bond motifs is 1. The van der Waals surface area contributed by atoms with E-state index in [0.29, 0.717) is 29.5 Å². The Morgan fingerprint density at radius 2 is 1.70 bits per heavy atom. The molecule has 3 aromatic carbocycles. The number of hydrogen-bond donors (Lipinski definition) is 2. The summed E-state index contributed by atoms with van der Waals surface area (Å²) in [7, 11) is 5.10. The molecule has 2 amide bonds. The van der Waals surface area contributed by atoms with Crippen molar-refractivity contribution in [3.05, 3.63) is 100 Å². The molecular weight excluding hydrogens is 490 g/mol. The first-order chi connectivity index (χ1) is 17.9. The van der Waals surface area contributed by atoms with Gasteiger partial charge in [0.05, 0.1) is 24.8 Å². The normalized spacial score (nSPS) is 11.3. The van der Waals surface area contributed by atoms with Crippen LogP contribution in [-0.4, -0.2) is 37.1 Å². The Bertz CT molecular complexity index is 1480. The fraction of sp³-hybridized carbons (Fsp3) is 0.172. The number of nitrogens with zero attached hydrogens (tertiary/aromatic N) is 1. The van der Waals surface area contributed by atoms with E-state index in [1.54, 1.807) is 44.6 Å². The molecule has 190 valence electrons. The van der Waals surface area contributed by atoms with Crippen LogP contribution in [0.4, 0.5) is 0 Å². The van der Waals surface area contributed by atoms with Gasteiger partial charge in [0.25, 0.3) is 11.8 Å². The van der Waals surface area contributed by atoms with Gasteiger partial charge in [-0.15, -0.1) is 0 Å². The van der Waals surface area contributed by atoms with Crippen molar-refractivity contribution in [2.45, 2.75) is 6.42 Å². The Morgan fingerprint density at radius 1 is 0.973 bits per heavy atom. The molecule has 1 heterocycles. The van der Waals surface area contributed by atoms with Crippen molar-refractivity contribution in [2.75, 3.05) is 20.8 Å². The maximum atomic E-state index is 13.3. The van der Waals surface area contributed by atoms with Gasteiger partial charge in [-0.1, -0.05) is 48.0 Å². The first-order valence-corrected chi connectivity index (χ1v) is 12.1. The number of hydrogen-bond acceptors (Lipinski definition) is 4. The molecule has 0 spiro atoms. The molecule has 0 aliphatic rings. The van der Waals surface area contributed by atoms with E-state index in [4.69, 9.17) is 21.1 Å². The topological polar surface area (TPSA) is 81.6 Å². The van der Waals surface area contributed by atoms with Crippen LogP contribution in [0, 0.1) is 0 Å². The minimum Gasteiger partial charge on any atom is -0.493 e. The number of aryl methyl sites for hydroxylation is 1. The fourth-order valence-electron chi connectivity index (χ4n) is 4.09. The lowest BCUT2D eigenvalue weighted by Crippen LogP contribution is -2.35. The number of amides is 2. The molecule has 2 N–H and O–H groups in total. The summed E-state index contributed by atoms with van der Waals surface area (Å²) in [6.45, 7) is 0.350. The SMILES string of the molecule is COc1ccc(CCNC(=O)C(=Cc2cn(C)c3ccccc23)NC(=O)c2ccccc2Cl)cc1OC. The Labute approximate surface area is 220 Å². The zero-order valence-corrected chi connectivity index (χ0v) is 21.6. The first kappa shape index (κ1) is 25.9. The standard InChI is InChI=1S/C29H28ClN3O4/c1-33-18-20(21-8-5-7-11-25(21)33)17-24(32-28(34)22-9-4-6-10-23(22)30)29(35)31-15-14-19-12-13-26(36-2)27(16-19)37-3/h4-13,16-18H,14-15H2,1-3H3,(H,31,35)(H,32,34). The van der Waals surface area contributed by atoms with Crippen molar-refractivity contribution in [1.29, 1.82) is 0 Å². The summed E-state index contributed by atoms with van der Waals surface area (Å²) in [5.41, 5.74) is 3.19. The molecule has 0 fully saturated rings. The van der Waals surface area contributed by atoms with Crippen LogP contribution in [0.25, 0.3) is 17.0 Å². The smallest absolute Gasteiger partial charge is 0.267 e. The number of benzene rings is 3. The number of para-hydroxylation sites is 1. The molecule has 4 aromatic rings. The van der Waals surface area contributed by atoms with Gasteiger partial charge in [-0.2, -0.15) is 0 Å². The van der Waals surface area contributed by atoms with Crippen LogP contribution in [0.1, 0.15) is 21.5 Å². The lowest BCUT2D eigenvalue weighted by molar-refractivity contribution is -0.117. The largest absolute Gasteiger partial charge is 0.493 e. The van der Waals surface area contributed by atoms with Crippen LogP contribution in [0.3, 0.4) is 0 Å². The number of nitrogens with one attached hydrogen (secondary N) is 2. The van der Waals surface area contributed by atoms with Crippen molar-refractivity contribution in [1.82, 2.24) is 15.2 Å². The molecule has 1 aromatic heterocycles. The fourth-order valence-corrected chi connectivity index (χ4v) is 4.31. The highest BCUT2D eigenvalue weighted by atomic mass is 35.5. The predicted octanol–water partition coefficient (Wildman–Crippen LogP) is 4.98. The summed E-state index contributed by atoms with van der Waals surface area (Å²) in [5.74, 6) is 0.383. The van der Waals surface area contributed by atoms with E-state index >= 15 is 0 Å². The van der Waals surface area contributed by atoms with Gasteiger partial charge in [-0.25, -0.2) is 0 Å². The van der Waals surface area contributed by atoms with Crippen LogP contribution < -0.4 is 20.1 Å². The number of rotatable bonds is 9. The molecule has 37 heavy (non-hydrogen) atoms. The Balaban J connectivity index is 1.57. The third kappa shape index (κ3) is 5.95. The van der Waals surface area contributed by atoms with Gasteiger partial charge in [0.2, 0.25) is 0 Å². The highest BCUT2D eigenvalue weighted by Crippen LogP contribution is 2.27. The van der Waals surface area contributed by atoms with Gasteiger partial charge in [0, 0.05) is 36.3 Å². The summed E-state index contributed by atoms with van der Waals surface area (Å²) in [5, 5.41) is 6.94. The molecule has 0 radical (unpaired) electrons. The Kier molecular flexibility index (Phi) is 8.15. The highest BCUT2D eigenvalue weighted by molar-refractivity contribution is 6.34. The zero-order valence-electron chi connectivity index (χ0n) is 20.9. The van der Waals surface area contributed by atoms with Crippen LogP contribution in [-0.2, 0) is 18.3 Å². The molecule has 4 rings (SSSR count). The van der Waals surface area contributed by atoms with E-state index in [9.17, 15) is 9.59 Å². The first-order valence-electron chi connectivity index (χ1n) is 11.7.